The summed E-state index contributed by atoms with van der Waals surface area (Å²) in [5.74, 6) is 0.165. The molecular weight excluding hydrogens is 504 g/mol. The number of methoxy groups -OCH3 is 1. The van der Waals surface area contributed by atoms with Gasteiger partial charge in [-0.1, -0.05) is 11.6 Å². The van der Waals surface area contributed by atoms with E-state index in [1.54, 1.807) is 43.5 Å². The number of thiocarbonyl (C=S) groups is 1. The number of hydrogen-bond acceptors (Lipinski definition) is 5. The highest BCUT2D eigenvalue weighted by Crippen LogP contribution is 2.26. The first kappa shape index (κ1) is 23.5. The Morgan fingerprint density at radius 3 is 2.42 bits per heavy atom. The van der Waals surface area contributed by atoms with Crippen molar-refractivity contribution in [3.8, 4) is 5.75 Å². The van der Waals surface area contributed by atoms with Crippen molar-refractivity contribution < 1.29 is 14.3 Å². The Kier molecular flexibility index (Phi) is 7.88. The molecule has 2 N–H and O–H groups in total. The van der Waals surface area contributed by atoms with Crippen LogP contribution in [0.15, 0.2) is 40.9 Å². The molecule has 2 amide bonds. The molecular formula is C21H22BrClN4O3S. The molecule has 0 atom stereocenters. The van der Waals surface area contributed by atoms with E-state index in [-0.39, 0.29) is 16.9 Å². The molecule has 1 heterocycles. The van der Waals surface area contributed by atoms with E-state index in [4.69, 9.17) is 28.6 Å². The predicted octanol–water partition coefficient (Wildman–Crippen LogP) is 3.63. The number of nitrogens with zero attached hydrogens (tertiary/aromatic N) is 2. The number of anilines is 1. The number of halogens is 2. The third-order valence-electron chi connectivity index (χ3n) is 4.89. The van der Waals surface area contributed by atoms with E-state index in [9.17, 15) is 9.59 Å². The van der Waals surface area contributed by atoms with Crippen LogP contribution in [0.2, 0.25) is 5.02 Å². The summed E-state index contributed by atoms with van der Waals surface area (Å²) in [5, 5.41) is 5.98. The number of benzene rings is 2. The summed E-state index contributed by atoms with van der Waals surface area (Å²) in [7, 11) is 3.58. The summed E-state index contributed by atoms with van der Waals surface area (Å²) in [4.78, 5) is 29.3. The zero-order valence-corrected chi connectivity index (χ0v) is 20.2. The lowest BCUT2D eigenvalue weighted by atomic mass is 10.1. The minimum absolute atomic E-state index is 0.0640. The molecule has 10 heteroatoms. The van der Waals surface area contributed by atoms with Crippen LogP contribution in [0.25, 0.3) is 0 Å². The fraction of sp³-hybridized carbons (Fsp3) is 0.286. The number of carbonyl (C=O) groups excluding carboxylic acids is 2. The van der Waals surface area contributed by atoms with Crippen molar-refractivity contribution in [2.45, 2.75) is 0 Å². The molecule has 1 aliphatic rings. The van der Waals surface area contributed by atoms with Gasteiger partial charge in [-0.2, -0.15) is 0 Å². The van der Waals surface area contributed by atoms with Crippen LogP contribution in [0, 0.1) is 0 Å². The first-order valence-electron chi connectivity index (χ1n) is 9.51. The fourth-order valence-corrected chi connectivity index (χ4v) is 3.99. The molecule has 0 spiro atoms. The van der Waals surface area contributed by atoms with Crippen LogP contribution in [-0.2, 0) is 0 Å². The molecule has 31 heavy (non-hydrogen) atoms. The summed E-state index contributed by atoms with van der Waals surface area (Å²) in [6, 6.07) is 9.91. The summed E-state index contributed by atoms with van der Waals surface area (Å²) in [6.07, 6.45) is 0. The van der Waals surface area contributed by atoms with Crippen LogP contribution >= 0.6 is 39.7 Å². The van der Waals surface area contributed by atoms with E-state index in [0.717, 1.165) is 13.1 Å². The standard InChI is InChI=1S/C21H22BrClN4O3S/c1-26-7-9-27(10-8-26)20(29)14-3-5-16(23)17(12-14)24-21(31)25-19(28)13-4-6-18(30-2)15(22)11-13/h3-6,11-12H,7-10H2,1-2H3,(H2,24,25,28,31). The average Bonchev–Trinajstić information content (AvgIpc) is 2.75. The normalized spacial score (nSPS) is 14.1. The van der Waals surface area contributed by atoms with E-state index in [0.29, 0.717) is 45.1 Å². The van der Waals surface area contributed by atoms with Crippen LogP contribution in [0.5, 0.6) is 5.75 Å². The van der Waals surface area contributed by atoms with Crippen molar-refractivity contribution in [2.75, 3.05) is 45.7 Å². The number of hydrogen-bond donors (Lipinski definition) is 2. The van der Waals surface area contributed by atoms with Gasteiger partial charge in [-0.15, -0.1) is 0 Å². The van der Waals surface area contributed by atoms with Crippen molar-refractivity contribution >= 4 is 62.4 Å². The Bertz CT molecular complexity index is 1010. The SMILES string of the molecule is COc1ccc(C(=O)NC(=S)Nc2cc(C(=O)N3CCN(C)CC3)ccc2Cl)cc1Br. The maximum atomic E-state index is 12.8. The second kappa shape index (κ2) is 10.4. The molecule has 2 aromatic carbocycles. The maximum absolute atomic E-state index is 12.8. The van der Waals surface area contributed by atoms with Crippen LogP contribution < -0.4 is 15.4 Å². The van der Waals surface area contributed by atoms with Gasteiger partial charge in [-0.25, -0.2) is 0 Å². The van der Waals surface area contributed by atoms with Gasteiger partial charge >= 0.3 is 0 Å². The van der Waals surface area contributed by atoms with Crippen molar-refractivity contribution in [1.82, 2.24) is 15.1 Å². The number of likely N-dealkylation sites (N-methyl/N-ethyl adjacent to an activating group) is 1. The highest BCUT2D eigenvalue weighted by molar-refractivity contribution is 9.10. The van der Waals surface area contributed by atoms with Crippen LogP contribution in [0.3, 0.4) is 0 Å². The number of amides is 2. The molecule has 0 bridgehead atoms. The fourth-order valence-electron chi connectivity index (χ4n) is 3.08. The predicted molar refractivity (Wildman–Crippen MR) is 129 cm³/mol. The Hall–Kier alpha value is -2.20. The zero-order chi connectivity index (χ0) is 22.5. The molecule has 2 aromatic rings. The topological polar surface area (TPSA) is 73.9 Å². The molecule has 1 fully saturated rings. The van der Waals surface area contributed by atoms with Crippen LogP contribution in [-0.4, -0.2) is 67.1 Å². The van der Waals surface area contributed by atoms with Gasteiger partial charge in [-0.05, 0) is 71.6 Å². The van der Waals surface area contributed by atoms with E-state index < -0.39 is 0 Å². The highest BCUT2D eigenvalue weighted by atomic mass is 79.9. The van der Waals surface area contributed by atoms with Gasteiger partial charge in [0.25, 0.3) is 11.8 Å². The Morgan fingerprint density at radius 1 is 1.10 bits per heavy atom. The Morgan fingerprint density at radius 2 is 1.77 bits per heavy atom. The summed E-state index contributed by atoms with van der Waals surface area (Å²) >= 11 is 14.9. The van der Waals surface area contributed by atoms with Gasteiger partial charge in [0.1, 0.15) is 5.75 Å². The molecule has 0 aliphatic carbocycles. The monoisotopic (exact) mass is 524 g/mol. The first-order valence-corrected chi connectivity index (χ1v) is 11.1. The van der Waals surface area contributed by atoms with Crippen LogP contribution in [0.4, 0.5) is 5.69 Å². The molecule has 0 aromatic heterocycles. The molecule has 3 rings (SSSR count). The number of rotatable bonds is 4. The van der Waals surface area contributed by atoms with E-state index in [2.05, 4.69) is 31.5 Å². The number of piperazine rings is 1. The summed E-state index contributed by atoms with van der Waals surface area (Å²) in [5.41, 5.74) is 1.36. The minimum atomic E-state index is -0.387. The largest absolute Gasteiger partial charge is 0.496 e. The smallest absolute Gasteiger partial charge is 0.257 e. The Labute approximate surface area is 199 Å². The molecule has 7 nitrogen and oxygen atoms in total. The van der Waals surface area contributed by atoms with E-state index in [1.807, 2.05) is 11.9 Å². The Balaban J connectivity index is 1.67. The number of nitrogens with one attached hydrogen (secondary N) is 2. The third-order valence-corrected chi connectivity index (χ3v) is 6.05. The van der Waals surface area contributed by atoms with Gasteiger partial charge in [0.05, 0.1) is 22.3 Å². The molecule has 0 saturated carbocycles. The van der Waals surface area contributed by atoms with E-state index in [1.165, 1.54) is 0 Å². The molecule has 1 saturated heterocycles. The maximum Gasteiger partial charge on any atom is 0.257 e. The molecule has 1 aliphatic heterocycles. The second-order valence-corrected chi connectivity index (χ2v) is 8.72. The van der Waals surface area contributed by atoms with Gasteiger partial charge in [0, 0.05) is 37.3 Å². The second-order valence-electron chi connectivity index (χ2n) is 7.05. The lowest BCUT2D eigenvalue weighted by Crippen LogP contribution is -2.47. The lowest BCUT2D eigenvalue weighted by molar-refractivity contribution is 0.0664. The minimum Gasteiger partial charge on any atom is -0.496 e. The molecule has 164 valence electrons. The van der Waals surface area contributed by atoms with Crippen molar-refractivity contribution in [3.63, 3.8) is 0 Å². The van der Waals surface area contributed by atoms with Gasteiger partial charge in [0.2, 0.25) is 0 Å². The third kappa shape index (κ3) is 5.94. The van der Waals surface area contributed by atoms with Crippen molar-refractivity contribution in [2.24, 2.45) is 0 Å². The van der Waals surface area contributed by atoms with Gasteiger partial charge < -0.3 is 19.9 Å². The zero-order valence-electron chi connectivity index (χ0n) is 17.1. The number of ether oxygens (including phenoxy) is 1. The van der Waals surface area contributed by atoms with Gasteiger partial charge in [0.15, 0.2) is 5.11 Å². The van der Waals surface area contributed by atoms with Crippen molar-refractivity contribution in [1.29, 1.82) is 0 Å². The summed E-state index contributed by atoms with van der Waals surface area (Å²) < 4.78 is 5.82. The summed E-state index contributed by atoms with van der Waals surface area (Å²) in [6.45, 7) is 3.02. The molecule has 0 unspecified atom stereocenters. The first-order chi connectivity index (χ1) is 14.8. The quantitative estimate of drug-likeness (QED) is 0.594. The lowest BCUT2D eigenvalue weighted by Gasteiger charge is -2.32. The van der Waals surface area contributed by atoms with Gasteiger partial charge in [-0.3, -0.25) is 14.9 Å². The number of carbonyl (C=O) groups is 2. The van der Waals surface area contributed by atoms with E-state index >= 15 is 0 Å². The highest BCUT2D eigenvalue weighted by Gasteiger charge is 2.21. The van der Waals surface area contributed by atoms with Crippen molar-refractivity contribution in [3.05, 3.63) is 57.0 Å². The van der Waals surface area contributed by atoms with Crippen LogP contribution in [0.1, 0.15) is 20.7 Å². The molecule has 0 radical (unpaired) electrons. The average molecular weight is 526 g/mol.